The summed E-state index contributed by atoms with van der Waals surface area (Å²) in [5.41, 5.74) is 0. The molecule has 3 aromatic heterocycles. The van der Waals surface area contributed by atoms with Gasteiger partial charge >= 0.3 is 8.60 Å². The SMILES string of the molecule is c1coc(OP(Oc2ccco2)Oc2ccco2)c1. The van der Waals surface area contributed by atoms with Crippen molar-refractivity contribution in [2.75, 3.05) is 0 Å². The summed E-state index contributed by atoms with van der Waals surface area (Å²) in [4.78, 5) is 0. The van der Waals surface area contributed by atoms with Gasteiger partial charge in [0.05, 0.1) is 18.8 Å². The van der Waals surface area contributed by atoms with Gasteiger partial charge in [0.25, 0.3) is 17.8 Å². The van der Waals surface area contributed by atoms with Gasteiger partial charge in [0, 0.05) is 18.2 Å². The number of hydrogen-bond donors (Lipinski definition) is 0. The minimum atomic E-state index is -1.79. The van der Waals surface area contributed by atoms with Crippen molar-refractivity contribution in [3.8, 4) is 17.8 Å². The van der Waals surface area contributed by atoms with E-state index in [-0.39, 0.29) is 17.8 Å². The molecule has 0 unspecified atom stereocenters. The van der Waals surface area contributed by atoms with Crippen molar-refractivity contribution in [1.29, 1.82) is 0 Å². The Hall–Kier alpha value is -2.33. The largest absolute Gasteiger partial charge is 0.537 e. The summed E-state index contributed by atoms with van der Waals surface area (Å²) in [6, 6.07) is 10.0. The molecular formula is C12H9O6P. The molecule has 0 amide bonds. The maximum atomic E-state index is 5.43. The minimum Gasteiger partial charge on any atom is -0.434 e. The Kier molecular flexibility index (Phi) is 3.42. The van der Waals surface area contributed by atoms with Crippen LogP contribution in [0.15, 0.2) is 68.4 Å². The summed E-state index contributed by atoms with van der Waals surface area (Å²) in [6.07, 6.45) is 4.47. The summed E-state index contributed by atoms with van der Waals surface area (Å²) >= 11 is 0. The first-order valence-corrected chi connectivity index (χ1v) is 6.44. The van der Waals surface area contributed by atoms with Crippen molar-refractivity contribution in [1.82, 2.24) is 0 Å². The van der Waals surface area contributed by atoms with Crippen LogP contribution in [0.5, 0.6) is 17.8 Å². The molecule has 19 heavy (non-hydrogen) atoms. The summed E-state index contributed by atoms with van der Waals surface area (Å²) in [5.74, 6) is 0.845. The highest BCUT2D eigenvalue weighted by molar-refractivity contribution is 7.43. The van der Waals surface area contributed by atoms with Gasteiger partial charge in [-0.3, -0.25) is 0 Å². The van der Waals surface area contributed by atoms with E-state index in [1.807, 2.05) is 0 Å². The molecule has 3 heterocycles. The first-order chi connectivity index (χ1) is 9.40. The molecule has 3 rings (SSSR count). The Morgan fingerprint density at radius 2 is 1.00 bits per heavy atom. The van der Waals surface area contributed by atoms with E-state index in [1.54, 1.807) is 36.4 Å². The molecule has 0 N–H and O–H groups in total. The fourth-order valence-corrected chi connectivity index (χ4v) is 2.09. The second-order valence-electron chi connectivity index (χ2n) is 3.29. The zero-order valence-corrected chi connectivity index (χ0v) is 10.5. The van der Waals surface area contributed by atoms with Gasteiger partial charge in [-0.05, 0) is 18.2 Å². The molecule has 7 heteroatoms. The van der Waals surface area contributed by atoms with Gasteiger partial charge in [0.1, 0.15) is 0 Å². The molecule has 0 spiro atoms. The molecule has 0 aliphatic carbocycles. The fourth-order valence-electron chi connectivity index (χ4n) is 1.22. The smallest absolute Gasteiger partial charge is 0.434 e. The van der Waals surface area contributed by atoms with E-state index >= 15 is 0 Å². The van der Waals surface area contributed by atoms with Gasteiger partial charge < -0.3 is 26.8 Å². The maximum absolute atomic E-state index is 5.43. The van der Waals surface area contributed by atoms with Gasteiger partial charge in [0.2, 0.25) is 0 Å². The molecule has 0 radical (unpaired) electrons. The summed E-state index contributed by atoms with van der Waals surface area (Å²) in [5, 5.41) is 0. The van der Waals surface area contributed by atoms with Crippen molar-refractivity contribution < 1.29 is 26.8 Å². The molecule has 0 saturated carbocycles. The van der Waals surface area contributed by atoms with Crippen molar-refractivity contribution in [2.45, 2.75) is 0 Å². The van der Waals surface area contributed by atoms with Gasteiger partial charge in [-0.15, -0.1) is 0 Å². The summed E-state index contributed by atoms with van der Waals surface area (Å²) in [7, 11) is -1.79. The number of furan rings is 3. The van der Waals surface area contributed by atoms with E-state index < -0.39 is 8.60 Å². The third-order valence-corrected chi connectivity index (χ3v) is 2.97. The predicted octanol–water partition coefficient (Wildman–Crippen LogP) is 4.23. The van der Waals surface area contributed by atoms with Crippen LogP contribution >= 0.6 is 8.60 Å². The lowest BCUT2D eigenvalue weighted by Crippen LogP contribution is -2.00. The minimum absolute atomic E-state index is 0.282. The predicted molar refractivity (Wildman–Crippen MR) is 64.9 cm³/mol. The lowest BCUT2D eigenvalue weighted by molar-refractivity contribution is 0.281. The molecule has 0 aliphatic heterocycles. The van der Waals surface area contributed by atoms with Gasteiger partial charge in [-0.25, -0.2) is 0 Å². The van der Waals surface area contributed by atoms with Gasteiger partial charge in [0.15, 0.2) is 0 Å². The van der Waals surface area contributed by atoms with Crippen molar-refractivity contribution in [3.05, 3.63) is 55.2 Å². The second kappa shape index (κ2) is 5.54. The van der Waals surface area contributed by atoms with Crippen LogP contribution in [0.4, 0.5) is 0 Å². The maximum Gasteiger partial charge on any atom is 0.537 e. The average molecular weight is 280 g/mol. The van der Waals surface area contributed by atoms with Crippen LogP contribution in [0.25, 0.3) is 0 Å². The van der Waals surface area contributed by atoms with Crippen molar-refractivity contribution in [2.24, 2.45) is 0 Å². The van der Waals surface area contributed by atoms with E-state index in [0.29, 0.717) is 0 Å². The zero-order chi connectivity index (χ0) is 12.9. The molecule has 0 atom stereocenters. The van der Waals surface area contributed by atoms with Crippen LogP contribution < -0.4 is 13.6 Å². The van der Waals surface area contributed by atoms with E-state index in [9.17, 15) is 0 Å². The third kappa shape index (κ3) is 3.11. The third-order valence-electron chi connectivity index (χ3n) is 1.98. The Morgan fingerprint density at radius 1 is 0.632 bits per heavy atom. The quantitative estimate of drug-likeness (QED) is 0.629. The Bertz CT molecular complexity index is 486. The van der Waals surface area contributed by atoms with Crippen LogP contribution in [-0.2, 0) is 0 Å². The fraction of sp³-hybridized carbons (Fsp3) is 0. The molecule has 98 valence electrons. The molecule has 6 nitrogen and oxygen atoms in total. The highest BCUT2D eigenvalue weighted by atomic mass is 31.2. The highest BCUT2D eigenvalue weighted by Gasteiger charge is 2.23. The number of rotatable bonds is 6. The van der Waals surface area contributed by atoms with Gasteiger partial charge in [-0.1, -0.05) is 0 Å². The molecule has 0 saturated heterocycles. The van der Waals surface area contributed by atoms with Gasteiger partial charge in [-0.2, -0.15) is 0 Å². The number of hydrogen-bond acceptors (Lipinski definition) is 6. The van der Waals surface area contributed by atoms with Crippen LogP contribution in [-0.4, -0.2) is 0 Å². The van der Waals surface area contributed by atoms with Crippen LogP contribution in [0.2, 0.25) is 0 Å². The van der Waals surface area contributed by atoms with Crippen LogP contribution in [0.3, 0.4) is 0 Å². The Labute approximate surface area is 109 Å². The van der Waals surface area contributed by atoms with E-state index in [4.69, 9.17) is 26.8 Å². The normalized spacial score (nSPS) is 10.6. The second-order valence-corrected chi connectivity index (χ2v) is 4.29. The first-order valence-electron chi connectivity index (χ1n) is 5.35. The zero-order valence-electron chi connectivity index (χ0n) is 9.59. The molecular weight excluding hydrogens is 271 g/mol. The molecule has 0 aliphatic rings. The van der Waals surface area contributed by atoms with Crippen LogP contribution in [0, 0.1) is 0 Å². The highest BCUT2D eigenvalue weighted by Crippen LogP contribution is 2.42. The topological polar surface area (TPSA) is 67.1 Å². The summed E-state index contributed by atoms with van der Waals surface area (Å²) in [6.45, 7) is 0. The van der Waals surface area contributed by atoms with Crippen molar-refractivity contribution >= 4 is 8.60 Å². The lowest BCUT2D eigenvalue weighted by atomic mass is 10.7. The van der Waals surface area contributed by atoms with Crippen molar-refractivity contribution in [3.63, 3.8) is 0 Å². The Morgan fingerprint density at radius 3 is 1.26 bits per heavy atom. The molecule has 3 aromatic rings. The molecule has 0 aromatic carbocycles. The van der Waals surface area contributed by atoms with E-state index in [0.717, 1.165) is 0 Å². The van der Waals surface area contributed by atoms with E-state index in [1.165, 1.54) is 18.8 Å². The molecule has 0 bridgehead atoms. The first kappa shape index (κ1) is 11.7. The standard InChI is InChI=1S/C12H9O6P/c1-4-10(13-7-1)16-19(17-11-5-2-8-14-11)18-12-6-3-9-15-12/h1-9H. The lowest BCUT2D eigenvalue weighted by Gasteiger charge is -2.12. The molecule has 0 fully saturated rings. The average Bonchev–Trinajstić information content (AvgIpc) is 3.10. The van der Waals surface area contributed by atoms with E-state index in [2.05, 4.69) is 0 Å². The summed E-state index contributed by atoms with van der Waals surface area (Å²) < 4.78 is 31.5. The Balaban J connectivity index is 1.70. The van der Waals surface area contributed by atoms with Crippen LogP contribution in [0.1, 0.15) is 0 Å². The monoisotopic (exact) mass is 280 g/mol.